The molecule has 0 atom stereocenters. The summed E-state index contributed by atoms with van der Waals surface area (Å²) in [5.41, 5.74) is 2.13. The molecule has 3 N–H and O–H groups in total. The zero-order valence-corrected chi connectivity index (χ0v) is 13.6. The van der Waals surface area contributed by atoms with Gasteiger partial charge in [0.15, 0.2) is 5.69 Å². The van der Waals surface area contributed by atoms with Crippen LogP contribution in [0.5, 0.6) is 0 Å². The molecule has 4 rings (SSSR count). The molecule has 0 aliphatic carbocycles. The molecule has 1 aliphatic heterocycles. The highest BCUT2D eigenvalue weighted by Gasteiger charge is 2.20. The van der Waals surface area contributed by atoms with Crippen molar-refractivity contribution >= 4 is 16.8 Å². The molecular weight excluding hydrogens is 321 g/mol. The molecule has 1 aliphatic rings. The van der Waals surface area contributed by atoms with Crippen molar-refractivity contribution < 1.29 is 9.18 Å². The zero-order chi connectivity index (χ0) is 17.2. The molecule has 0 bridgehead atoms. The Morgan fingerprint density at radius 3 is 2.88 bits per heavy atom. The summed E-state index contributed by atoms with van der Waals surface area (Å²) in [7, 11) is 0. The van der Waals surface area contributed by atoms with Gasteiger partial charge in [-0.15, -0.1) is 0 Å². The van der Waals surface area contributed by atoms with Crippen molar-refractivity contribution in [1.29, 1.82) is 0 Å². The largest absolute Gasteiger partial charge is 0.348 e. The van der Waals surface area contributed by atoms with E-state index in [0.717, 1.165) is 31.4 Å². The number of H-pyrrole nitrogens is 1. The van der Waals surface area contributed by atoms with Crippen molar-refractivity contribution in [1.82, 2.24) is 25.8 Å². The molecule has 7 heteroatoms. The lowest BCUT2D eigenvalue weighted by Gasteiger charge is -2.23. The Kier molecular flexibility index (Phi) is 4.15. The Labute approximate surface area is 143 Å². The summed E-state index contributed by atoms with van der Waals surface area (Å²) >= 11 is 0. The number of piperidine rings is 1. The molecule has 1 aromatic carbocycles. The van der Waals surface area contributed by atoms with Crippen LogP contribution in [0.2, 0.25) is 0 Å². The highest BCUT2D eigenvalue weighted by molar-refractivity contribution is 6.05. The highest BCUT2D eigenvalue weighted by Crippen LogP contribution is 2.26. The van der Waals surface area contributed by atoms with Crippen LogP contribution in [0.3, 0.4) is 0 Å². The summed E-state index contributed by atoms with van der Waals surface area (Å²) in [5.74, 6) is -0.743. The van der Waals surface area contributed by atoms with E-state index in [1.807, 2.05) is 0 Å². The molecule has 25 heavy (non-hydrogen) atoms. The van der Waals surface area contributed by atoms with Crippen LogP contribution >= 0.6 is 0 Å². The summed E-state index contributed by atoms with van der Waals surface area (Å²) < 4.78 is 13.9. The Hall–Kier alpha value is -2.80. The Morgan fingerprint density at radius 2 is 2.08 bits per heavy atom. The quantitative estimate of drug-likeness (QED) is 0.639. The Balaban J connectivity index is 1.67. The van der Waals surface area contributed by atoms with E-state index >= 15 is 0 Å². The van der Waals surface area contributed by atoms with Gasteiger partial charge in [0.2, 0.25) is 5.95 Å². The molecule has 1 fully saturated rings. The van der Waals surface area contributed by atoms with Crippen molar-refractivity contribution in [2.45, 2.75) is 18.9 Å². The van der Waals surface area contributed by atoms with Gasteiger partial charge in [0.25, 0.3) is 5.91 Å². The number of carbonyl (C=O) groups is 1. The first-order chi connectivity index (χ1) is 12.2. The number of halogens is 1. The predicted molar refractivity (Wildman–Crippen MR) is 92.6 cm³/mol. The fraction of sp³-hybridized carbons (Fsp3) is 0.278. The topological polar surface area (TPSA) is 82.7 Å². The number of fused-ring (bicyclic) bond motifs is 1. The maximum Gasteiger partial charge on any atom is 0.272 e. The number of benzene rings is 1. The zero-order valence-electron chi connectivity index (χ0n) is 13.6. The summed E-state index contributed by atoms with van der Waals surface area (Å²) in [5, 5.41) is 14.0. The SMILES string of the molecule is O=C(NC1CCNCC1)c1n[nH]c2ccc(-c3cccnc3F)cc12. The number of aromatic nitrogens is 3. The van der Waals surface area contributed by atoms with Crippen LogP contribution in [-0.4, -0.2) is 40.2 Å². The molecule has 6 nitrogen and oxygen atoms in total. The van der Waals surface area contributed by atoms with E-state index in [9.17, 15) is 9.18 Å². The Morgan fingerprint density at radius 1 is 1.24 bits per heavy atom. The lowest BCUT2D eigenvalue weighted by atomic mass is 10.0. The molecule has 0 unspecified atom stereocenters. The van der Waals surface area contributed by atoms with Crippen molar-refractivity contribution in [3.63, 3.8) is 0 Å². The number of carbonyl (C=O) groups excluding carboxylic acids is 1. The van der Waals surface area contributed by atoms with Crippen LogP contribution in [0.1, 0.15) is 23.3 Å². The average Bonchev–Trinajstić information content (AvgIpc) is 3.06. The summed E-state index contributed by atoms with van der Waals surface area (Å²) in [6.07, 6.45) is 3.22. The maximum atomic E-state index is 13.9. The van der Waals surface area contributed by atoms with E-state index in [1.54, 1.807) is 30.3 Å². The number of hydrogen-bond acceptors (Lipinski definition) is 4. The minimum absolute atomic E-state index is 0.152. The van der Waals surface area contributed by atoms with E-state index in [1.165, 1.54) is 6.20 Å². The summed E-state index contributed by atoms with van der Waals surface area (Å²) in [6, 6.07) is 8.86. The van der Waals surface area contributed by atoms with E-state index in [4.69, 9.17) is 0 Å². The second-order valence-electron chi connectivity index (χ2n) is 6.17. The minimum atomic E-state index is -0.536. The van der Waals surface area contributed by atoms with Crippen LogP contribution < -0.4 is 10.6 Å². The maximum absolute atomic E-state index is 13.9. The van der Waals surface area contributed by atoms with E-state index in [-0.39, 0.29) is 11.9 Å². The lowest BCUT2D eigenvalue weighted by molar-refractivity contribution is 0.0926. The lowest BCUT2D eigenvalue weighted by Crippen LogP contribution is -2.42. The van der Waals surface area contributed by atoms with Gasteiger partial charge < -0.3 is 10.6 Å². The number of amides is 1. The van der Waals surface area contributed by atoms with Crippen LogP contribution in [-0.2, 0) is 0 Å². The molecule has 0 radical (unpaired) electrons. The van der Waals surface area contributed by atoms with Gasteiger partial charge in [0, 0.05) is 23.2 Å². The van der Waals surface area contributed by atoms with Crippen molar-refractivity contribution in [3.05, 3.63) is 48.2 Å². The van der Waals surface area contributed by atoms with Crippen LogP contribution in [0.4, 0.5) is 4.39 Å². The van der Waals surface area contributed by atoms with E-state index in [0.29, 0.717) is 22.2 Å². The average molecular weight is 339 g/mol. The number of rotatable bonds is 3. The third kappa shape index (κ3) is 3.10. The molecular formula is C18H18FN5O. The van der Waals surface area contributed by atoms with Gasteiger partial charge in [-0.05, 0) is 55.8 Å². The molecule has 0 saturated carbocycles. The second kappa shape index (κ2) is 6.60. The highest BCUT2D eigenvalue weighted by atomic mass is 19.1. The van der Waals surface area contributed by atoms with Crippen molar-refractivity contribution in [3.8, 4) is 11.1 Å². The molecule has 128 valence electrons. The first kappa shape index (κ1) is 15.7. The molecule has 2 aromatic heterocycles. The molecule has 3 aromatic rings. The van der Waals surface area contributed by atoms with Gasteiger partial charge in [-0.3, -0.25) is 9.89 Å². The van der Waals surface area contributed by atoms with Gasteiger partial charge in [0.05, 0.1) is 5.52 Å². The fourth-order valence-corrected chi connectivity index (χ4v) is 3.18. The Bertz CT molecular complexity index is 917. The smallest absolute Gasteiger partial charge is 0.272 e. The van der Waals surface area contributed by atoms with Crippen LogP contribution in [0.15, 0.2) is 36.5 Å². The monoisotopic (exact) mass is 339 g/mol. The number of pyridine rings is 1. The first-order valence-corrected chi connectivity index (χ1v) is 8.33. The molecule has 1 saturated heterocycles. The van der Waals surface area contributed by atoms with E-state index < -0.39 is 5.95 Å². The number of aromatic amines is 1. The predicted octanol–water partition coefficient (Wildman–Crippen LogP) is 2.25. The van der Waals surface area contributed by atoms with Crippen molar-refractivity contribution in [2.75, 3.05) is 13.1 Å². The fourth-order valence-electron chi connectivity index (χ4n) is 3.18. The number of nitrogens with zero attached hydrogens (tertiary/aromatic N) is 2. The number of hydrogen-bond donors (Lipinski definition) is 3. The van der Waals surface area contributed by atoms with Crippen LogP contribution in [0, 0.1) is 5.95 Å². The third-order valence-corrected chi connectivity index (χ3v) is 4.52. The van der Waals surface area contributed by atoms with Gasteiger partial charge in [-0.25, -0.2) is 4.98 Å². The summed E-state index contributed by atoms with van der Waals surface area (Å²) in [6.45, 7) is 1.80. The third-order valence-electron chi connectivity index (χ3n) is 4.52. The van der Waals surface area contributed by atoms with Gasteiger partial charge in [0.1, 0.15) is 0 Å². The van der Waals surface area contributed by atoms with Crippen molar-refractivity contribution in [2.24, 2.45) is 0 Å². The number of nitrogens with one attached hydrogen (secondary N) is 3. The first-order valence-electron chi connectivity index (χ1n) is 8.33. The molecule has 1 amide bonds. The van der Waals surface area contributed by atoms with Gasteiger partial charge in [-0.2, -0.15) is 9.49 Å². The van der Waals surface area contributed by atoms with Gasteiger partial charge in [-0.1, -0.05) is 6.07 Å². The van der Waals surface area contributed by atoms with E-state index in [2.05, 4.69) is 25.8 Å². The molecule has 3 heterocycles. The normalized spacial score (nSPS) is 15.4. The van der Waals surface area contributed by atoms with Crippen LogP contribution in [0.25, 0.3) is 22.0 Å². The molecule has 0 spiro atoms. The minimum Gasteiger partial charge on any atom is -0.348 e. The van der Waals surface area contributed by atoms with Gasteiger partial charge >= 0.3 is 0 Å². The second-order valence-corrected chi connectivity index (χ2v) is 6.17. The summed E-state index contributed by atoms with van der Waals surface area (Å²) in [4.78, 5) is 16.3. The standard InChI is InChI=1S/C18H18FN5O/c19-17-13(2-1-7-21-17)11-3-4-15-14(10-11)16(24-23-15)18(25)22-12-5-8-20-9-6-12/h1-4,7,10,12,20H,5-6,8-9H2,(H,22,25)(H,23,24).